The molecule has 7 unspecified atom stereocenters. The summed E-state index contributed by atoms with van der Waals surface area (Å²) in [6.45, 7) is 25.2. The number of ether oxygens (including phenoxy) is 9. The molecule has 7 fully saturated rings. The van der Waals surface area contributed by atoms with Crippen LogP contribution in [-0.2, 0) is 76.2 Å². The van der Waals surface area contributed by atoms with Crippen LogP contribution in [0.4, 0.5) is 4.79 Å². The summed E-state index contributed by atoms with van der Waals surface area (Å²) < 4.78 is 52.5. The Bertz CT molecular complexity index is 3280. The molecular formula is C93H157N7O17S. The van der Waals surface area contributed by atoms with Gasteiger partial charge in [0.1, 0.15) is 11.6 Å². The highest BCUT2D eigenvalue weighted by atomic mass is 32.2. The van der Waals surface area contributed by atoms with E-state index in [1.165, 1.54) is 147 Å². The monoisotopic (exact) mass is 1680 g/mol. The van der Waals surface area contributed by atoms with Crippen molar-refractivity contribution >= 4 is 58.4 Å². The number of nitrogens with one attached hydrogen (secondary N) is 3. The maximum absolute atomic E-state index is 13.7. The van der Waals surface area contributed by atoms with Gasteiger partial charge in [-0.05, 0) is 242 Å². The minimum atomic E-state index is -1.32. The average Bonchev–Trinajstić information content (AvgIpc) is 1.44. The Morgan fingerprint density at radius 3 is 1.78 bits per heavy atom. The summed E-state index contributed by atoms with van der Waals surface area (Å²) in [5, 5.41) is 8.25. The zero-order valence-electron chi connectivity index (χ0n) is 74.4. The summed E-state index contributed by atoms with van der Waals surface area (Å²) >= 11 is 1.04. The van der Waals surface area contributed by atoms with Crippen molar-refractivity contribution in [3.8, 4) is 0 Å². The van der Waals surface area contributed by atoms with E-state index in [0.29, 0.717) is 74.6 Å². The molecule has 9 rings (SSSR count). The number of hydrogen-bond acceptors (Lipinski definition) is 19. The molecule has 0 bridgehead atoms. The molecule has 672 valence electrons. The van der Waals surface area contributed by atoms with Crippen LogP contribution in [0.1, 0.15) is 288 Å². The van der Waals surface area contributed by atoms with Crippen LogP contribution < -0.4 is 33.2 Å². The van der Waals surface area contributed by atoms with Gasteiger partial charge >= 0.3 is 5.30 Å². The molecule has 25 heteroatoms. The van der Waals surface area contributed by atoms with Crippen molar-refractivity contribution in [2.45, 2.75) is 310 Å². The van der Waals surface area contributed by atoms with Gasteiger partial charge in [0.15, 0.2) is 0 Å². The van der Waals surface area contributed by atoms with Crippen molar-refractivity contribution in [3.05, 3.63) is 23.3 Å². The lowest BCUT2D eigenvalue weighted by molar-refractivity contribution is -0.139. The first-order chi connectivity index (χ1) is 56.3. The Labute approximate surface area is 712 Å². The van der Waals surface area contributed by atoms with Crippen LogP contribution in [0.3, 0.4) is 0 Å². The first kappa shape index (κ1) is 97.2. The molecule has 118 heavy (non-hydrogen) atoms. The Kier molecular flexibility index (Phi) is 38.2. The van der Waals surface area contributed by atoms with Crippen LogP contribution in [0.5, 0.6) is 0 Å². The average molecular weight is 1680 g/mol. The van der Waals surface area contributed by atoms with Gasteiger partial charge in [-0.3, -0.25) is 38.5 Å². The molecule has 1 saturated heterocycles. The SMILES string of the molecule is CC(C)CCCC[C@H]1CC[C@H]2[C@@H]3CC=C4CCCC[C@]4(C)[C@H]3CC[C@]12CC(C)CCCCC1CCC2C3CC=C4C[C@@H](OC(=O)SC(C)(N)CCOC(C)(C)CCNC(=O)CCOCC(COCCC(N)=O)(COCCC(N)=O)NC(=O)CCOCCOCCOCCOCCNC(=O)CCN5C(=O)CC(C)C5=O)CC[C@]4(C)C3CC[C@]12C. The largest absolute Gasteiger partial charge is 0.454 e. The number of rotatable bonds is 55. The Hall–Kier alpha value is -4.57. The number of carbonyl (C=O) groups excluding carboxylic acids is 8. The summed E-state index contributed by atoms with van der Waals surface area (Å²) in [6.07, 6.45) is 41.4. The molecule has 24 nitrogen and oxygen atoms in total. The van der Waals surface area contributed by atoms with E-state index in [9.17, 15) is 38.4 Å². The minimum Gasteiger partial charge on any atom is -0.454 e. The van der Waals surface area contributed by atoms with Crippen molar-refractivity contribution in [2.75, 3.05) is 119 Å². The van der Waals surface area contributed by atoms with Gasteiger partial charge in [0.2, 0.25) is 41.4 Å². The fourth-order valence-corrected chi connectivity index (χ4v) is 24.2. The third-order valence-corrected chi connectivity index (χ3v) is 30.8. The maximum Gasteiger partial charge on any atom is 0.369 e. The number of hydrogen-bond donors (Lipinski definition) is 6. The predicted molar refractivity (Wildman–Crippen MR) is 459 cm³/mol. The van der Waals surface area contributed by atoms with Gasteiger partial charge in [0, 0.05) is 77.1 Å². The second kappa shape index (κ2) is 46.4. The highest BCUT2D eigenvalue weighted by Crippen LogP contribution is 2.70. The van der Waals surface area contributed by atoms with Gasteiger partial charge in [-0.15, -0.1) is 0 Å². The molecule has 8 aliphatic carbocycles. The van der Waals surface area contributed by atoms with Crippen LogP contribution in [-0.4, -0.2) is 192 Å². The molecule has 16 atom stereocenters. The number of unbranched alkanes of at least 4 members (excludes halogenated alkanes) is 2. The van der Waals surface area contributed by atoms with E-state index >= 15 is 0 Å². The van der Waals surface area contributed by atoms with Crippen LogP contribution >= 0.6 is 11.8 Å². The molecule has 7 amide bonds. The summed E-state index contributed by atoms with van der Waals surface area (Å²) in [5.74, 6) is 5.48. The van der Waals surface area contributed by atoms with Crippen molar-refractivity contribution in [1.29, 1.82) is 0 Å². The van der Waals surface area contributed by atoms with Crippen molar-refractivity contribution in [2.24, 2.45) is 104 Å². The molecule has 0 radical (unpaired) electrons. The highest BCUT2D eigenvalue weighted by molar-refractivity contribution is 8.14. The number of amides is 7. The summed E-state index contributed by atoms with van der Waals surface area (Å²) in [7, 11) is 0. The van der Waals surface area contributed by atoms with Gasteiger partial charge < -0.3 is 75.8 Å². The second-order valence-corrected chi connectivity index (χ2v) is 40.9. The predicted octanol–water partition coefficient (Wildman–Crippen LogP) is 14.3. The van der Waals surface area contributed by atoms with Crippen LogP contribution in [0, 0.1) is 86.8 Å². The molecule has 9 N–H and O–H groups in total. The van der Waals surface area contributed by atoms with Crippen molar-refractivity contribution in [1.82, 2.24) is 20.9 Å². The number of nitrogens with two attached hydrogens (primary N) is 3. The Morgan fingerprint density at radius 2 is 1.13 bits per heavy atom. The van der Waals surface area contributed by atoms with Gasteiger partial charge in [0.25, 0.3) is 0 Å². The van der Waals surface area contributed by atoms with E-state index in [-0.39, 0.29) is 164 Å². The third kappa shape index (κ3) is 28.0. The van der Waals surface area contributed by atoms with Gasteiger partial charge in [-0.2, -0.15) is 0 Å². The highest BCUT2D eigenvalue weighted by Gasteiger charge is 2.61. The number of primary amides is 2. The number of imide groups is 1. The number of nitrogens with zero attached hydrogens (tertiary/aromatic N) is 1. The normalized spacial score (nSPS) is 29.4. The zero-order chi connectivity index (χ0) is 85.2. The number of carbonyl (C=O) groups is 8. The third-order valence-electron chi connectivity index (χ3n) is 29.9. The standard InChI is InChI=1S/C93H157N7O17S/c1-65(2)17-11-13-21-70-25-29-78-74-26-22-68-20-15-16-38-88(68,7)77(74)32-41-93(70,78)61-66(3)18-12-14-19-69-24-28-75-73-27-23-71-60-72(30-39-90(71,9)76(73)31-40-89(69,75)8)117-86(108)118-91(10,96)43-51-116-87(5,6)42-44-97-82(104)36-50-115-64-92(62-113-47-34-79(94)101,63-114-48-35-80(95)102)99-83(105)37-49-109-53-55-111-57-58-112-56-54-110-52-45-98-81(103)33-46-100-84(106)59-67(4)85(100)107/h22-23,65-67,69-70,72-78H,11-21,24-64,96H2,1-10H3,(H2,94,101)(H2,95,102)(H,97,104)(H,98,103)(H,99,105)/t66?,67?,69?,70-,72-,73?,74+,75?,76?,77-,78-,88-,89+,90-,91?,93-/m0/s1. The lowest BCUT2D eigenvalue weighted by Gasteiger charge is -2.59. The van der Waals surface area contributed by atoms with Gasteiger partial charge in [0.05, 0.1) is 103 Å². The van der Waals surface area contributed by atoms with E-state index in [1.54, 1.807) is 6.92 Å². The fourth-order valence-electron chi connectivity index (χ4n) is 23.4. The minimum absolute atomic E-state index is 0.00980. The van der Waals surface area contributed by atoms with Crippen LogP contribution in [0.2, 0.25) is 0 Å². The van der Waals surface area contributed by atoms with E-state index in [2.05, 4.69) is 69.6 Å². The maximum atomic E-state index is 13.7. The molecule has 1 heterocycles. The van der Waals surface area contributed by atoms with Crippen molar-refractivity contribution < 1.29 is 81.0 Å². The van der Waals surface area contributed by atoms with Gasteiger partial charge in [-0.25, -0.2) is 4.79 Å². The molecule has 0 spiro atoms. The van der Waals surface area contributed by atoms with E-state index in [1.807, 2.05) is 26.3 Å². The van der Waals surface area contributed by atoms with Crippen LogP contribution in [0.15, 0.2) is 23.3 Å². The number of allylic oxidation sites excluding steroid dienone is 3. The second-order valence-electron chi connectivity index (χ2n) is 39.4. The fraction of sp³-hybridized carbons (Fsp3) is 0.871. The molecule has 9 aliphatic rings. The van der Waals surface area contributed by atoms with E-state index in [4.69, 9.17) is 59.8 Å². The first-order valence-electron chi connectivity index (χ1n) is 46.3. The summed E-state index contributed by atoms with van der Waals surface area (Å²) in [4.78, 5) is 99.8. The lowest BCUT2D eigenvalue weighted by Crippen LogP contribution is -2.59. The summed E-state index contributed by atoms with van der Waals surface area (Å²) in [6, 6.07) is 0. The molecule has 0 aromatic rings. The first-order valence-corrected chi connectivity index (χ1v) is 47.1. The number of fused-ring (bicyclic) bond motifs is 10. The Morgan fingerprint density at radius 1 is 0.568 bits per heavy atom. The lowest BCUT2D eigenvalue weighted by atomic mass is 9.46. The molecular weight excluding hydrogens is 1520 g/mol. The zero-order valence-corrected chi connectivity index (χ0v) is 75.2. The quantitative estimate of drug-likeness (QED) is 0.0108. The molecule has 0 aromatic heterocycles. The number of likely N-dealkylation sites (tertiary alicyclic amines) is 1. The van der Waals surface area contributed by atoms with Crippen molar-refractivity contribution in [3.63, 3.8) is 0 Å². The molecule has 0 aromatic carbocycles. The topological polar surface area (TPSA) is 337 Å². The van der Waals surface area contributed by atoms with E-state index < -0.39 is 33.7 Å². The van der Waals surface area contributed by atoms with Gasteiger partial charge in [-0.1, -0.05) is 117 Å². The number of thioether (sulfide) groups is 1. The Balaban J connectivity index is 0.628. The smallest absolute Gasteiger partial charge is 0.369 e. The molecule has 6 saturated carbocycles. The van der Waals surface area contributed by atoms with Crippen LogP contribution in [0.25, 0.3) is 0 Å². The summed E-state index contributed by atoms with van der Waals surface area (Å²) in [5.41, 5.74) is 20.6. The molecule has 1 aliphatic heterocycles. The van der Waals surface area contributed by atoms with E-state index in [0.717, 1.165) is 95.6 Å².